The molecule has 0 spiro atoms. The quantitative estimate of drug-likeness (QED) is 0.885. The second kappa shape index (κ2) is 6.26. The molecule has 0 aliphatic carbocycles. The first-order chi connectivity index (χ1) is 9.47. The Bertz CT molecular complexity index is 525. The van der Waals surface area contributed by atoms with Gasteiger partial charge in [0.1, 0.15) is 0 Å². The molecule has 1 fully saturated rings. The number of anilines is 1. The highest BCUT2D eigenvalue weighted by atomic mass is 79.9. The third kappa shape index (κ3) is 3.50. The van der Waals surface area contributed by atoms with Gasteiger partial charge in [-0.05, 0) is 31.0 Å². The van der Waals surface area contributed by atoms with E-state index >= 15 is 0 Å². The summed E-state index contributed by atoms with van der Waals surface area (Å²) in [6, 6.07) is 5.48. The van der Waals surface area contributed by atoms with Gasteiger partial charge in [-0.3, -0.25) is 4.79 Å². The number of hydrogen-bond donors (Lipinski definition) is 2. The molecule has 6 heteroatoms. The van der Waals surface area contributed by atoms with Gasteiger partial charge >= 0.3 is 5.97 Å². The molecule has 1 heterocycles. The number of carboxylic acid groups (broad SMARTS) is 1. The number of hydrogen-bond acceptors (Lipinski definition) is 3. The van der Waals surface area contributed by atoms with Crippen molar-refractivity contribution in [2.24, 2.45) is 0 Å². The predicted octanol–water partition coefficient (Wildman–Crippen LogP) is 2.25. The Kier molecular flexibility index (Phi) is 4.65. The summed E-state index contributed by atoms with van der Waals surface area (Å²) < 4.78 is 0.756. The van der Waals surface area contributed by atoms with Crippen LogP contribution >= 0.6 is 15.9 Å². The number of carbonyl (C=O) groups is 2. The summed E-state index contributed by atoms with van der Waals surface area (Å²) in [5.41, 5.74) is 1.04. The molecule has 0 unspecified atom stereocenters. The van der Waals surface area contributed by atoms with Crippen LogP contribution in [-0.4, -0.2) is 36.1 Å². The third-order valence-electron chi connectivity index (χ3n) is 3.43. The van der Waals surface area contributed by atoms with E-state index in [2.05, 4.69) is 26.1 Å². The van der Waals surface area contributed by atoms with Crippen molar-refractivity contribution in [3.63, 3.8) is 0 Å². The molecular formula is C14H17BrN2O3. The molecule has 0 saturated carbocycles. The maximum absolute atomic E-state index is 11.3. The summed E-state index contributed by atoms with van der Waals surface area (Å²) in [7, 11) is 0. The molecule has 1 aromatic carbocycles. The molecule has 2 N–H and O–H groups in total. The number of rotatable bonds is 3. The highest BCUT2D eigenvalue weighted by Gasteiger charge is 2.23. The summed E-state index contributed by atoms with van der Waals surface area (Å²) >= 11 is 3.30. The van der Waals surface area contributed by atoms with E-state index in [-0.39, 0.29) is 11.9 Å². The molecule has 108 valence electrons. The summed E-state index contributed by atoms with van der Waals surface area (Å²) in [4.78, 5) is 24.4. The van der Waals surface area contributed by atoms with Crippen LogP contribution in [0.15, 0.2) is 22.7 Å². The van der Waals surface area contributed by atoms with Crippen molar-refractivity contribution < 1.29 is 14.7 Å². The first-order valence-corrected chi connectivity index (χ1v) is 7.31. The number of aromatic carboxylic acids is 1. The van der Waals surface area contributed by atoms with Crippen LogP contribution in [0.3, 0.4) is 0 Å². The van der Waals surface area contributed by atoms with Gasteiger partial charge in [0.2, 0.25) is 5.91 Å². The van der Waals surface area contributed by atoms with Crippen molar-refractivity contribution in [1.29, 1.82) is 0 Å². The van der Waals surface area contributed by atoms with E-state index < -0.39 is 5.97 Å². The zero-order valence-electron chi connectivity index (χ0n) is 11.2. The average Bonchev–Trinajstić information content (AvgIpc) is 2.39. The highest BCUT2D eigenvalue weighted by molar-refractivity contribution is 9.10. The fraction of sp³-hybridized carbons (Fsp3) is 0.429. The Morgan fingerprint density at radius 3 is 2.55 bits per heavy atom. The van der Waals surface area contributed by atoms with Crippen LogP contribution in [0.25, 0.3) is 0 Å². The number of nitrogens with zero attached hydrogens (tertiary/aromatic N) is 1. The monoisotopic (exact) mass is 340 g/mol. The lowest BCUT2D eigenvalue weighted by molar-refractivity contribution is -0.119. The van der Waals surface area contributed by atoms with Crippen LogP contribution in [0.1, 0.15) is 30.1 Å². The number of amides is 1. The van der Waals surface area contributed by atoms with Crippen molar-refractivity contribution in [1.82, 2.24) is 5.32 Å². The molecule has 0 aromatic heterocycles. The highest BCUT2D eigenvalue weighted by Crippen LogP contribution is 2.27. The average molecular weight is 341 g/mol. The van der Waals surface area contributed by atoms with Gasteiger partial charge in [-0.15, -0.1) is 0 Å². The molecular weight excluding hydrogens is 324 g/mol. The minimum atomic E-state index is -0.926. The van der Waals surface area contributed by atoms with Gasteiger partial charge in [-0.25, -0.2) is 4.79 Å². The minimum Gasteiger partial charge on any atom is -0.478 e. The molecule has 0 radical (unpaired) electrons. The molecule has 1 aliphatic heterocycles. The Morgan fingerprint density at radius 2 is 2.00 bits per heavy atom. The van der Waals surface area contributed by atoms with Gasteiger partial charge in [-0.1, -0.05) is 15.9 Å². The number of carbonyl (C=O) groups excluding carboxylic acids is 1. The van der Waals surface area contributed by atoms with Crippen LogP contribution in [0.2, 0.25) is 0 Å². The predicted molar refractivity (Wildman–Crippen MR) is 80.2 cm³/mol. The molecule has 5 nitrogen and oxygen atoms in total. The van der Waals surface area contributed by atoms with Gasteiger partial charge in [0.15, 0.2) is 0 Å². The maximum atomic E-state index is 11.3. The summed E-state index contributed by atoms with van der Waals surface area (Å²) in [5.74, 6) is -0.941. The normalized spacial score (nSPS) is 16.0. The molecule has 1 aliphatic rings. The Hall–Kier alpha value is -1.56. The molecule has 1 aromatic rings. The lowest BCUT2D eigenvalue weighted by Crippen LogP contribution is -2.44. The Labute approximate surface area is 126 Å². The molecule has 1 amide bonds. The van der Waals surface area contributed by atoms with E-state index in [4.69, 9.17) is 0 Å². The summed E-state index contributed by atoms with van der Waals surface area (Å²) in [5, 5.41) is 12.2. The van der Waals surface area contributed by atoms with Crippen LogP contribution < -0.4 is 10.2 Å². The van der Waals surface area contributed by atoms with E-state index in [0.29, 0.717) is 5.56 Å². The zero-order chi connectivity index (χ0) is 14.7. The van der Waals surface area contributed by atoms with Crippen LogP contribution in [-0.2, 0) is 4.79 Å². The van der Waals surface area contributed by atoms with Crippen molar-refractivity contribution in [2.75, 3.05) is 18.0 Å². The van der Waals surface area contributed by atoms with E-state index in [1.54, 1.807) is 6.07 Å². The molecule has 0 bridgehead atoms. The van der Waals surface area contributed by atoms with Gasteiger partial charge in [0.05, 0.1) is 11.3 Å². The molecule has 2 rings (SSSR count). The SMILES string of the molecule is CC(=O)NC1CCN(c2ccc(Br)cc2C(=O)O)CC1. The van der Waals surface area contributed by atoms with Crippen LogP contribution in [0.4, 0.5) is 5.69 Å². The topological polar surface area (TPSA) is 69.6 Å². The molecule has 0 atom stereocenters. The smallest absolute Gasteiger partial charge is 0.337 e. The Balaban J connectivity index is 2.11. The number of nitrogens with one attached hydrogen (secondary N) is 1. The first kappa shape index (κ1) is 14.8. The summed E-state index contributed by atoms with van der Waals surface area (Å²) in [6.07, 6.45) is 1.66. The number of piperidine rings is 1. The van der Waals surface area contributed by atoms with E-state index in [1.807, 2.05) is 12.1 Å². The molecule has 20 heavy (non-hydrogen) atoms. The fourth-order valence-electron chi connectivity index (χ4n) is 2.51. The van der Waals surface area contributed by atoms with Crippen LogP contribution in [0, 0.1) is 0 Å². The van der Waals surface area contributed by atoms with Gasteiger partial charge in [-0.2, -0.15) is 0 Å². The van der Waals surface area contributed by atoms with Crippen molar-refractivity contribution in [3.05, 3.63) is 28.2 Å². The fourth-order valence-corrected chi connectivity index (χ4v) is 2.87. The van der Waals surface area contributed by atoms with Gasteiger partial charge < -0.3 is 15.3 Å². The Morgan fingerprint density at radius 1 is 1.35 bits per heavy atom. The van der Waals surface area contributed by atoms with Crippen molar-refractivity contribution in [2.45, 2.75) is 25.8 Å². The van der Waals surface area contributed by atoms with E-state index in [9.17, 15) is 14.7 Å². The third-order valence-corrected chi connectivity index (χ3v) is 3.93. The van der Waals surface area contributed by atoms with Crippen molar-refractivity contribution >= 4 is 33.5 Å². The second-order valence-corrected chi connectivity index (χ2v) is 5.84. The number of benzene rings is 1. The number of carboxylic acids is 1. The second-order valence-electron chi connectivity index (χ2n) is 4.93. The maximum Gasteiger partial charge on any atom is 0.337 e. The standard InChI is InChI=1S/C14H17BrN2O3/c1-9(18)16-11-4-6-17(7-5-11)13-3-2-10(15)8-12(13)14(19)20/h2-3,8,11H,4-7H2,1H3,(H,16,18)(H,19,20). The van der Waals surface area contributed by atoms with Crippen molar-refractivity contribution in [3.8, 4) is 0 Å². The number of halogens is 1. The van der Waals surface area contributed by atoms with Gasteiger partial charge in [0, 0.05) is 30.5 Å². The van der Waals surface area contributed by atoms with Crippen LogP contribution in [0.5, 0.6) is 0 Å². The lowest BCUT2D eigenvalue weighted by Gasteiger charge is -2.34. The summed E-state index contributed by atoms with van der Waals surface area (Å²) in [6.45, 7) is 3.00. The van der Waals surface area contributed by atoms with Gasteiger partial charge in [0.25, 0.3) is 0 Å². The largest absolute Gasteiger partial charge is 0.478 e. The zero-order valence-corrected chi connectivity index (χ0v) is 12.8. The first-order valence-electron chi connectivity index (χ1n) is 6.52. The lowest BCUT2D eigenvalue weighted by atomic mass is 10.0. The van der Waals surface area contributed by atoms with E-state index in [0.717, 1.165) is 36.1 Å². The van der Waals surface area contributed by atoms with E-state index in [1.165, 1.54) is 6.92 Å². The molecule has 1 saturated heterocycles. The minimum absolute atomic E-state index is 0.0154.